The number of aromatic nitrogens is 2. The van der Waals surface area contributed by atoms with Gasteiger partial charge in [-0.25, -0.2) is 0 Å². The number of fused-ring (bicyclic) bond motifs is 1. The van der Waals surface area contributed by atoms with Gasteiger partial charge in [0.05, 0.1) is 18.8 Å². The van der Waals surface area contributed by atoms with Crippen LogP contribution < -0.4 is 4.74 Å². The second kappa shape index (κ2) is 8.35. The van der Waals surface area contributed by atoms with Gasteiger partial charge >= 0.3 is 0 Å². The second-order valence-electron chi connectivity index (χ2n) is 8.14. The number of rotatable bonds is 6. The second-order valence-corrected chi connectivity index (χ2v) is 8.14. The van der Waals surface area contributed by atoms with Crippen molar-refractivity contribution in [3.05, 3.63) is 107 Å². The van der Waals surface area contributed by atoms with Crippen molar-refractivity contribution in [2.45, 2.75) is 19.4 Å². The molecule has 5 heteroatoms. The lowest BCUT2D eigenvalue weighted by atomic mass is 9.95. The molecule has 0 saturated heterocycles. The van der Waals surface area contributed by atoms with Crippen molar-refractivity contribution in [1.82, 2.24) is 15.1 Å². The van der Waals surface area contributed by atoms with E-state index in [1.165, 1.54) is 5.56 Å². The summed E-state index contributed by atoms with van der Waals surface area (Å²) in [6, 6.07) is 26.3. The molecule has 0 spiro atoms. The van der Waals surface area contributed by atoms with E-state index in [1.807, 2.05) is 35.2 Å². The minimum atomic E-state index is -0.174. The number of aryl methyl sites for hydroxylation is 1. The van der Waals surface area contributed by atoms with Crippen LogP contribution in [0.3, 0.4) is 0 Å². The van der Waals surface area contributed by atoms with Crippen LogP contribution in [0.25, 0.3) is 11.3 Å². The number of benzene rings is 3. The van der Waals surface area contributed by atoms with Crippen molar-refractivity contribution in [2.24, 2.45) is 0 Å². The topological polar surface area (TPSA) is 58.2 Å². The molecule has 1 amide bonds. The van der Waals surface area contributed by atoms with Gasteiger partial charge in [-0.3, -0.25) is 9.89 Å². The van der Waals surface area contributed by atoms with E-state index >= 15 is 0 Å². The zero-order valence-corrected chi connectivity index (χ0v) is 18.2. The maximum atomic E-state index is 13.4. The number of methoxy groups -OCH3 is 1. The molecule has 0 radical (unpaired) electrons. The Bertz CT molecular complexity index is 1230. The van der Waals surface area contributed by atoms with Crippen molar-refractivity contribution in [3.8, 4) is 17.0 Å². The van der Waals surface area contributed by atoms with Crippen LogP contribution in [0.15, 0.2) is 78.9 Å². The molecule has 0 bridgehead atoms. The molecule has 160 valence electrons. The van der Waals surface area contributed by atoms with Crippen molar-refractivity contribution >= 4 is 5.91 Å². The van der Waals surface area contributed by atoms with Crippen LogP contribution >= 0.6 is 0 Å². The molecule has 0 aliphatic carbocycles. The molecule has 1 atom stereocenters. The van der Waals surface area contributed by atoms with Gasteiger partial charge in [-0.1, -0.05) is 72.3 Å². The number of hydrogen-bond acceptors (Lipinski definition) is 3. The summed E-state index contributed by atoms with van der Waals surface area (Å²) in [6.45, 7) is 2.68. The number of amides is 1. The van der Waals surface area contributed by atoms with Gasteiger partial charge in [-0.05, 0) is 36.6 Å². The van der Waals surface area contributed by atoms with Crippen molar-refractivity contribution in [2.75, 3.05) is 13.7 Å². The molecule has 4 aromatic rings. The predicted molar refractivity (Wildman–Crippen MR) is 125 cm³/mol. The first-order chi connectivity index (χ1) is 15.7. The zero-order chi connectivity index (χ0) is 22.1. The highest BCUT2D eigenvalue weighted by molar-refractivity contribution is 6.00. The number of nitrogens with one attached hydrogen (secondary N) is 1. The third-order valence-corrected chi connectivity index (χ3v) is 6.10. The summed E-state index contributed by atoms with van der Waals surface area (Å²) < 4.78 is 5.26. The quantitative estimate of drug-likeness (QED) is 0.465. The van der Waals surface area contributed by atoms with Gasteiger partial charge in [0.25, 0.3) is 5.91 Å². The van der Waals surface area contributed by atoms with E-state index in [9.17, 15) is 4.79 Å². The van der Waals surface area contributed by atoms with E-state index in [4.69, 9.17) is 4.74 Å². The van der Waals surface area contributed by atoms with Crippen LogP contribution in [0.4, 0.5) is 0 Å². The van der Waals surface area contributed by atoms with Crippen LogP contribution in [-0.4, -0.2) is 34.7 Å². The first-order valence-electron chi connectivity index (χ1n) is 10.8. The van der Waals surface area contributed by atoms with Crippen LogP contribution in [0.1, 0.15) is 38.8 Å². The van der Waals surface area contributed by atoms with Gasteiger partial charge in [0.2, 0.25) is 0 Å². The fraction of sp³-hybridized carbons (Fsp3) is 0.185. The van der Waals surface area contributed by atoms with Crippen LogP contribution in [0.5, 0.6) is 5.75 Å². The molecule has 3 aromatic carbocycles. The summed E-state index contributed by atoms with van der Waals surface area (Å²) in [5.41, 5.74) is 6.84. The first-order valence-corrected chi connectivity index (χ1v) is 10.8. The zero-order valence-electron chi connectivity index (χ0n) is 18.2. The molecule has 0 fully saturated rings. The van der Waals surface area contributed by atoms with E-state index in [-0.39, 0.29) is 11.9 Å². The standard InChI is InChI=1S/C27H25N3O2/c1-18-8-12-20(13-9-18)24-23-25(29-28-24)27(31)30(26(23)21-6-4-3-5-7-21)17-16-19-10-14-22(32-2)15-11-19/h3-15,26H,16-17H2,1-2H3,(H,28,29). The average Bonchev–Trinajstić information content (AvgIpc) is 3.38. The molecule has 32 heavy (non-hydrogen) atoms. The number of ether oxygens (including phenoxy) is 1. The third-order valence-electron chi connectivity index (χ3n) is 6.10. The molecule has 2 heterocycles. The monoisotopic (exact) mass is 423 g/mol. The molecule has 1 aliphatic heterocycles. The Balaban J connectivity index is 1.51. The van der Waals surface area contributed by atoms with E-state index in [0.717, 1.165) is 40.1 Å². The number of aromatic amines is 1. The van der Waals surface area contributed by atoms with Crippen molar-refractivity contribution in [3.63, 3.8) is 0 Å². The summed E-state index contributed by atoms with van der Waals surface area (Å²) in [7, 11) is 1.66. The van der Waals surface area contributed by atoms with Crippen molar-refractivity contribution in [1.29, 1.82) is 0 Å². The average molecular weight is 424 g/mol. The summed E-state index contributed by atoms with van der Waals surface area (Å²) in [6.07, 6.45) is 0.761. The minimum absolute atomic E-state index is 0.00627. The van der Waals surface area contributed by atoms with E-state index in [2.05, 4.69) is 65.7 Å². The summed E-state index contributed by atoms with van der Waals surface area (Å²) >= 11 is 0. The maximum Gasteiger partial charge on any atom is 0.273 e. The molecule has 0 saturated carbocycles. The Kier molecular flexibility index (Phi) is 5.23. The Morgan fingerprint density at radius 1 is 0.969 bits per heavy atom. The maximum absolute atomic E-state index is 13.4. The Morgan fingerprint density at radius 3 is 2.38 bits per heavy atom. The van der Waals surface area contributed by atoms with Gasteiger partial charge in [-0.15, -0.1) is 0 Å². The largest absolute Gasteiger partial charge is 0.497 e. The smallest absolute Gasteiger partial charge is 0.273 e. The molecule has 1 aromatic heterocycles. The molecular weight excluding hydrogens is 398 g/mol. The van der Waals surface area contributed by atoms with Crippen molar-refractivity contribution < 1.29 is 9.53 Å². The number of hydrogen-bond donors (Lipinski definition) is 1. The van der Waals surface area contributed by atoms with Gasteiger partial charge in [0.15, 0.2) is 0 Å². The van der Waals surface area contributed by atoms with Gasteiger partial charge in [-0.2, -0.15) is 5.10 Å². The number of H-pyrrole nitrogens is 1. The fourth-order valence-electron chi connectivity index (χ4n) is 4.38. The lowest BCUT2D eigenvalue weighted by Gasteiger charge is -2.26. The highest BCUT2D eigenvalue weighted by atomic mass is 16.5. The Labute approximate surface area is 187 Å². The normalized spacial score (nSPS) is 15.1. The minimum Gasteiger partial charge on any atom is -0.497 e. The molecule has 1 unspecified atom stereocenters. The van der Waals surface area contributed by atoms with E-state index in [1.54, 1.807) is 7.11 Å². The molecule has 5 nitrogen and oxygen atoms in total. The van der Waals surface area contributed by atoms with Gasteiger partial charge < -0.3 is 9.64 Å². The lowest BCUT2D eigenvalue weighted by molar-refractivity contribution is 0.0746. The van der Waals surface area contributed by atoms with Crippen LogP contribution in [0.2, 0.25) is 0 Å². The Hall–Kier alpha value is -3.86. The van der Waals surface area contributed by atoms with Crippen LogP contribution in [-0.2, 0) is 6.42 Å². The lowest BCUT2D eigenvalue weighted by Crippen LogP contribution is -2.31. The van der Waals surface area contributed by atoms with E-state index in [0.29, 0.717) is 12.2 Å². The number of nitrogens with zero attached hydrogens (tertiary/aromatic N) is 2. The van der Waals surface area contributed by atoms with Gasteiger partial charge in [0, 0.05) is 17.7 Å². The first kappa shape index (κ1) is 20.1. The molecular formula is C27H25N3O2. The van der Waals surface area contributed by atoms with Crippen LogP contribution in [0, 0.1) is 6.92 Å². The summed E-state index contributed by atoms with van der Waals surface area (Å²) in [5, 5.41) is 7.58. The number of carbonyl (C=O) groups is 1. The van der Waals surface area contributed by atoms with E-state index < -0.39 is 0 Å². The molecule has 5 rings (SSSR count). The van der Waals surface area contributed by atoms with Gasteiger partial charge in [0.1, 0.15) is 11.4 Å². The fourth-order valence-corrected chi connectivity index (χ4v) is 4.38. The Morgan fingerprint density at radius 2 is 1.69 bits per heavy atom. The SMILES string of the molecule is COc1ccc(CCN2C(=O)c3[nH]nc(-c4ccc(C)cc4)c3C2c2ccccc2)cc1. The summed E-state index contributed by atoms with van der Waals surface area (Å²) in [5.74, 6) is 0.824. The molecule has 1 aliphatic rings. The number of carbonyl (C=O) groups excluding carboxylic acids is 1. The summed E-state index contributed by atoms with van der Waals surface area (Å²) in [4.78, 5) is 15.4. The highest BCUT2D eigenvalue weighted by Crippen LogP contribution is 2.42. The predicted octanol–water partition coefficient (Wildman–Crippen LogP) is 5.18. The molecule has 1 N–H and O–H groups in total. The third kappa shape index (κ3) is 3.56. The highest BCUT2D eigenvalue weighted by Gasteiger charge is 2.41.